The fourth-order valence-electron chi connectivity index (χ4n) is 6.66. The van der Waals surface area contributed by atoms with E-state index in [0.29, 0.717) is 0 Å². The van der Waals surface area contributed by atoms with Crippen molar-refractivity contribution in [1.29, 1.82) is 0 Å². The van der Waals surface area contributed by atoms with Gasteiger partial charge >= 0.3 is 0 Å². The van der Waals surface area contributed by atoms with Gasteiger partial charge in [0.2, 0.25) is 0 Å². The van der Waals surface area contributed by atoms with Crippen molar-refractivity contribution in [1.82, 2.24) is 0 Å². The standard InChI is InChI=1S/C45H32/c1-5-13-32(14-6-1)37-24-26-40(43(29-37)34-17-9-3-10-18-34)39-22-21-36-23-27-41(45(36)31-39)42-28-25-38(33-15-7-2-8-16-33)30-44(42)35-19-11-4-12-20-35/h1-22,24-31H,23H2. The topological polar surface area (TPSA) is 0 Å². The summed E-state index contributed by atoms with van der Waals surface area (Å²) in [7, 11) is 0. The van der Waals surface area contributed by atoms with Gasteiger partial charge in [-0.2, -0.15) is 0 Å². The predicted molar refractivity (Wildman–Crippen MR) is 191 cm³/mol. The Morgan fingerprint density at radius 3 is 1.22 bits per heavy atom. The molecule has 0 heterocycles. The second-order valence-corrected chi connectivity index (χ2v) is 11.7. The van der Waals surface area contributed by atoms with Crippen LogP contribution in [0.4, 0.5) is 0 Å². The molecular weight excluding hydrogens is 540 g/mol. The molecule has 0 nitrogen and oxygen atoms in total. The van der Waals surface area contributed by atoms with Crippen molar-refractivity contribution in [3.63, 3.8) is 0 Å². The monoisotopic (exact) mass is 572 g/mol. The average molecular weight is 573 g/mol. The number of fused-ring (bicyclic) bond motifs is 1. The van der Waals surface area contributed by atoms with E-state index in [-0.39, 0.29) is 0 Å². The molecule has 0 aliphatic heterocycles. The summed E-state index contributed by atoms with van der Waals surface area (Å²) in [5.74, 6) is 0. The molecule has 7 aromatic rings. The van der Waals surface area contributed by atoms with E-state index in [1.54, 1.807) is 0 Å². The zero-order valence-electron chi connectivity index (χ0n) is 25.0. The summed E-state index contributed by atoms with van der Waals surface area (Å²) in [5, 5.41) is 0. The predicted octanol–water partition coefficient (Wildman–Crippen LogP) is 12.0. The molecule has 0 atom stereocenters. The van der Waals surface area contributed by atoms with E-state index >= 15 is 0 Å². The normalized spacial score (nSPS) is 12.0. The first-order chi connectivity index (χ1) is 22.3. The molecule has 212 valence electrons. The second-order valence-electron chi connectivity index (χ2n) is 11.7. The van der Waals surface area contributed by atoms with Crippen molar-refractivity contribution < 1.29 is 0 Å². The average Bonchev–Trinajstić information content (AvgIpc) is 3.56. The van der Waals surface area contributed by atoms with Crippen LogP contribution in [-0.4, -0.2) is 0 Å². The quantitative estimate of drug-likeness (QED) is 0.186. The highest BCUT2D eigenvalue weighted by Crippen LogP contribution is 2.43. The largest absolute Gasteiger partial charge is 0.0716 e. The fourth-order valence-corrected chi connectivity index (χ4v) is 6.66. The Bertz CT molecular complexity index is 2140. The Kier molecular flexibility index (Phi) is 7.02. The van der Waals surface area contributed by atoms with Crippen LogP contribution in [0.1, 0.15) is 16.7 Å². The fraction of sp³-hybridized carbons (Fsp3) is 0.0222. The highest BCUT2D eigenvalue weighted by molar-refractivity contribution is 5.95. The molecule has 0 saturated heterocycles. The number of hydrogen-bond donors (Lipinski definition) is 0. The SMILES string of the molecule is C1=C(c2ccc(-c3ccccc3)cc2-c2ccccc2)c2cc(-c3ccc(-c4ccccc4)cc3-c3ccccc3)ccc2C1. The molecule has 0 saturated carbocycles. The molecule has 0 aromatic heterocycles. The summed E-state index contributed by atoms with van der Waals surface area (Å²) in [6.45, 7) is 0. The maximum atomic E-state index is 2.41. The van der Waals surface area contributed by atoms with Gasteiger partial charge in [0.25, 0.3) is 0 Å². The first-order valence-corrected chi connectivity index (χ1v) is 15.7. The Balaban J connectivity index is 1.25. The molecular formula is C45H32. The smallest absolute Gasteiger partial charge is 0.00818 e. The molecule has 0 bridgehead atoms. The van der Waals surface area contributed by atoms with Gasteiger partial charge in [0.05, 0.1) is 0 Å². The van der Waals surface area contributed by atoms with Crippen molar-refractivity contribution in [3.8, 4) is 55.6 Å². The van der Waals surface area contributed by atoms with Crippen molar-refractivity contribution in [2.75, 3.05) is 0 Å². The number of rotatable bonds is 6. The van der Waals surface area contributed by atoms with E-state index in [9.17, 15) is 0 Å². The van der Waals surface area contributed by atoms with E-state index in [1.165, 1.54) is 77.9 Å². The second kappa shape index (κ2) is 11.8. The summed E-state index contributed by atoms with van der Waals surface area (Å²) >= 11 is 0. The Hall–Kier alpha value is -5.72. The van der Waals surface area contributed by atoms with Crippen LogP contribution in [0.5, 0.6) is 0 Å². The van der Waals surface area contributed by atoms with Crippen LogP contribution in [0.3, 0.4) is 0 Å². The highest BCUT2D eigenvalue weighted by atomic mass is 14.2. The van der Waals surface area contributed by atoms with Crippen LogP contribution < -0.4 is 0 Å². The van der Waals surface area contributed by atoms with Gasteiger partial charge < -0.3 is 0 Å². The number of hydrogen-bond acceptors (Lipinski definition) is 0. The molecule has 1 aliphatic rings. The number of benzene rings is 7. The minimum Gasteiger partial charge on any atom is -0.0716 e. The molecule has 0 fully saturated rings. The Morgan fingerprint density at radius 1 is 0.267 bits per heavy atom. The molecule has 0 unspecified atom stereocenters. The van der Waals surface area contributed by atoms with E-state index in [1.807, 2.05) is 0 Å². The molecule has 1 aliphatic carbocycles. The van der Waals surface area contributed by atoms with Gasteiger partial charge in [-0.1, -0.05) is 164 Å². The lowest BCUT2D eigenvalue weighted by Gasteiger charge is -2.17. The molecule has 45 heavy (non-hydrogen) atoms. The van der Waals surface area contributed by atoms with Gasteiger partial charge in [-0.3, -0.25) is 0 Å². The van der Waals surface area contributed by atoms with Crippen molar-refractivity contribution in [3.05, 3.63) is 199 Å². The van der Waals surface area contributed by atoms with Crippen LogP contribution >= 0.6 is 0 Å². The third kappa shape index (κ3) is 5.22. The van der Waals surface area contributed by atoms with Crippen molar-refractivity contribution >= 4 is 5.57 Å². The Labute approximate surface area is 265 Å². The lowest BCUT2D eigenvalue weighted by atomic mass is 9.86. The van der Waals surface area contributed by atoms with Crippen LogP contribution in [0.15, 0.2) is 182 Å². The summed E-state index contributed by atoms with van der Waals surface area (Å²) in [5.41, 5.74) is 17.7. The van der Waals surface area contributed by atoms with Crippen molar-refractivity contribution in [2.45, 2.75) is 6.42 Å². The number of allylic oxidation sites excluding steroid dienone is 1. The zero-order chi connectivity index (χ0) is 30.0. The minimum absolute atomic E-state index is 0.943. The van der Waals surface area contributed by atoms with Gasteiger partial charge in [0.15, 0.2) is 0 Å². The molecule has 0 amide bonds. The van der Waals surface area contributed by atoms with Crippen molar-refractivity contribution in [2.24, 2.45) is 0 Å². The van der Waals surface area contributed by atoms with Gasteiger partial charge in [-0.05, 0) is 103 Å². The summed E-state index contributed by atoms with van der Waals surface area (Å²) < 4.78 is 0. The first-order valence-electron chi connectivity index (χ1n) is 15.7. The van der Waals surface area contributed by atoms with E-state index in [2.05, 4.69) is 182 Å². The lowest BCUT2D eigenvalue weighted by Crippen LogP contribution is -1.94. The van der Waals surface area contributed by atoms with Gasteiger partial charge in [0, 0.05) is 0 Å². The first kappa shape index (κ1) is 26.9. The summed E-state index contributed by atoms with van der Waals surface area (Å²) in [6.07, 6.45) is 3.35. The molecule has 7 aromatic carbocycles. The van der Waals surface area contributed by atoms with Gasteiger partial charge in [0.1, 0.15) is 0 Å². The third-order valence-corrected chi connectivity index (χ3v) is 8.95. The van der Waals surface area contributed by atoms with Crippen LogP contribution in [0, 0.1) is 0 Å². The molecule has 8 rings (SSSR count). The molecule has 0 N–H and O–H groups in total. The lowest BCUT2D eigenvalue weighted by molar-refractivity contribution is 1.31. The molecule has 0 spiro atoms. The highest BCUT2D eigenvalue weighted by Gasteiger charge is 2.21. The molecule has 0 radical (unpaired) electrons. The molecule has 0 heteroatoms. The maximum Gasteiger partial charge on any atom is -0.00818 e. The third-order valence-electron chi connectivity index (χ3n) is 8.95. The van der Waals surface area contributed by atoms with Gasteiger partial charge in [-0.15, -0.1) is 0 Å². The van der Waals surface area contributed by atoms with Gasteiger partial charge in [-0.25, -0.2) is 0 Å². The Morgan fingerprint density at radius 2 is 0.689 bits per heavy atom. The summed E-state index contributed by atoms with van der Waals surface area (Å²) in [4.78, 5) is 0. The van der Waals surface area contributed by atoms with E-state index in [0.717, 1.165) is 6.42 Å². The minimum atomic E-state index is 0.943. The summed E-state index contributed by atoms with van der Waals surface area (Å²) in [6, 6.07) is 63.8. The zero-order valence-corrected chi connectivity index (χ0v) is 25.0. The van der Waals surface area contributed by atoms with Crippen LogP contribution in [-0.2, 0) is 6.42 Å². The van der Waals surface area contributed by atoms with E-state index < -0.39 is 0 Å². The van der Waals surface area contributed by atoms with Crippen LogP contribution in [0.25, 0.3) is 61.2 Å². The van der Waals surface area contributed by atoms with Crippen LogP contribution in [0.2, 0.25) is 0 Å². The maximum absolute atomic E-state index is 2.41. The van der Waals surface area contributed by atoms with E-state index in [4.69, 9.17) is 0 Å².